The molecule has 0 aromatic rings. The van der Waals surface area contributed by atoms with Gasteiger partial charge in [-0.05, 0) is 36.5 Å². The van der Waals surface area contributed by atoms with E-state index in [1.807, 2.05) is 0 Å². The van der Waals surface area contributed by atoms with E-state index >= 15 is 0 Å². The number of rotatable bonds is 31. The first-order valence-electron chi connectivity index (χ1n) is 20.9. The maximum atomic E-state index is 10.3. The van der Waals surface area contributed by atoms with Gasteiger partial charge in [0.1, 0.15) is 66.5 Å². The third-order valence-corrected chi connectivity index (χ3v) is 11.5. The topological polar surface area (TPSA) is 770 Å². The molecule has 0 fully saturated rings. The largest absolute Gasteiger partial charge is 0.693 e. The van der Waals surface area contributed by atoms with Crippen molar-refractivity contribution < 1.29 is 119 Å². The van der Waals surface area contributed by atoms with E-state index in [0.717, 1.165) is 11.8 Å². The first-order chi connectivity index (χ1) is 35.2. The molecule has 0 aromatic heterocycles. The fraction of sp³-hybridized carbons (Fsp3) is 0.711. The van der Waals surface area contributed by atoms with Gasteiger partial charge in [0.2, 0.25) is 0 Å². The zero-order valence-electron chi connectivity index (χ0n) is 42.1. The number of thiol groups is 3. The number of carboxylic acids is 11. The van der Waals surface area contributed by atoms with Crippen LogP contribution in [-0.4, -0.2) is 272 Å². The SMILES string of the molecule is C.C.NC(CCS)C(=O)O.NC(CCSCC(N)C(=O)O)C(=O)O.NC(CCSCC(N)C(=O)O)C(=O)O.NC(CO)C(=O)O.NC(CO)C(=O)O.NC(CS)C(=O)O.NC(CS)C(=O)O.NC(CSCC(N)C(=O)O)C(=O)O.[B].[NH2-]. The molecule has 37 N–H and O–H groups in total. The Labute approximate surface area is 498 Å². The number of hydrogen-bond donors (Lipinski definition) is 27. The average molecular weight is 1300 g/mol. The van der Waals surface area contributed by atoms with E-state index in [9.17, 15) is 52.7 Å². The summed E-state index contributed by atoms with van der Waals surface area (Å²) in [7, 11) is 0. The smallest absolute Gasteiger partial charge is 0.322 e. The van der Waals surface area contributed by atoms with Crippen molar-refractivity contribution in [2.75, 3.05) is 65.0 Å². The van der Waals surface area contributed by atoms with E-state index in [1.165, 1.54) is 23.5 Å². The van der Waals surface area contributed by atoms with Crippen LogP contribution in [0.2, 0.25) is 0 Å². The average Bonchev–Trinajstić information content (AvgIpc) is 3.35. The summed E-state index contributed by atoms with van der Waals surface area (Å²) in [5.41, 5.74) is 55.7. The molecule has 483 valence electrons. The van der Waals surface area contributed by atoms with Crippen LogP contribution in [0.15, 0.2) is 0 Å². The van der Waals surface area contributed by atoms with Crippen LogP contribution < -0.4 is 63.1 Å². The van der Waals surface area contributed by atoms with Gasteiger partial charge in [-0.25, -0.2) is 0 Å². The van der Waals surface area contributed by atoms with Crippen LogP contribution in [0, 0.1) is 0 Å². The number of hydrogen-bond acceptors (Lipinski definition) is 30. The number of thioether (sulfide) groups is 3. The van der Waals surface area contributed by atoms with Crippen molar-refractivity contribution >= 4 is 147 Å². The van der Waals surface area contributed by atoms with Crippen LogP contribution in [0.3, 0.4) is 0 Å². The zero-order valence-corrected chi connectivity index (χ0v) is 47.3. The Morgan fingerprint density at radius 2 is 0.481 bits per heavy atom. The molecule has 0 spiro atoms. The quantitative estimate of drug-likeness (QED) is 0.0174. The van der Waals surface area contributed by atoms with Crippen LogP contribution >= 0.6 is 73.2 Å². The van der Waals surface area contributed by atoms with E-state index in [-0.39, 0.29) is 63.9 Å². The second kappa shape index (κ2) is 68.3. The van der Waals surface area contributed by atoms with Gasteiger partial charge < -0.3 is 136 Å². The minimum Gasteiger partial charge on any atom is -0.693 e. The Kier molecular flexibility index (Phi) is 88.6. The van der Waals surface area contributed by atoms with Gasteiger partial charge in [-0.1, -0.05) is 14.9 Å². The highest BCUT2D eigenvalue weighted by molar-refractivity contribution is 7.99. The molecule has 0 aromatic carbocycles. The molecular formula is C38H87BN12O24S6-. The third-order valence-electron chi connectivity index (χ3n) is 7.05. The Hall–Kier alpha value is -4.23. The standard InChI is InChI=1S/2C7H14N2O4S.C6H12N2O4S.C4H9NO2S.2C3H7NO3.2C3H7NO2S.2CH4.B.H2N/c2*8-4(6(10)11)1-2-14-3-5(9)7(12)13;7-3(5(9)10)1-13-2-4(8)6(11)12;5-3(1-2-8)4(6)7;2*4-2(1-5)3(6)7;2*4-2(1-7)3(5)6;;;;/h2*4-5H,1-3,8-9H2,(H,10,11)(H,12,13);3-4H,1-2,7-8H2,(H,9,10)(H,11,12);3,8H,1-2,5H2,(H,6,7);2*2,5H,1,4H2,(H,6,7);2*2,7H,1,4H2,(H,5,6);2*1H4;;1H2/q;;;;;;;;;;;-1. The Balaban J connectivity index is -0.0000000679. The third kappa shape index (κ3) is 82.3. The van der Waals surface area contributed by atoms with Gasteiger partial charge in [-0.15, -0.1) is 0 Å². The Morgan fingerprint density at radius 1 is 0.309 bits per heavy atom. The second-order valence-electron chi connectivity index (χ2n) is 13.9. The molecule has 11 atom stereocenters. The summed E-state index contributed by atoms with van der Waals surface area (Å²) < 4.78 is 0. The predicted octanol–water partition coefficient (Wildman–Crippen LogP) is -6.83. The van der Waals surface area contributed by atoms with Crippen molar-refractivity contribution in [3.63, 3.8) is 0 Å². The van der Waals surface area contributed by atoms with E-state index in [1.54, 1.807) is 0 Å². The van der Waals surface area contributed by atoms with Crippen LogP contribution in [0.5, 0.6) is 0 Å². The van der Waals surface area contributed by atoms with E-state index in [4.69, 9.17) is 129 Å². The van der Waals surface area contributed by atoms with Gasteiger partial charge in [-0.2, -0.15) is 73.2 Å². The van der Waals surface area contributed by atoms with Gasteiger partial charge in [0.15, 0.2) is 0 Å². The van der Waals surface area contributed by atoms with E-state index in [2.05, 4.69) is 37.9 Å². The lowest BCUT2D eigenvalue weighted by Gasteiger charge is -2.07. The minimum atomic E-state index is -1.18. The van der Waals surface area contributed by atoms with Gasteiger partial charge in [0.05, 0.1) is 13.2 Å². The number of aliphatic hydroxyl groups excluding tert-OH is 2. The van der Waals surface area contributed by atoms with Crippen LogP contribution in [0.25, 0.3) is 6.15 Å². The fourth-order valence-corrected chi connectivity index (χ4v) is 5.76. The summed E-state index contributed by atoms with van der Waals surface area (Å²) in [4.78, 5) is 110. The summed E-state index contributed by atoms with van der Waals surface area (Å²) in [6.07, 6.45) is 1.05. The molecule has 3 radical (unpaired) electrons. The normalized spacial score (nSPS) is 13.4. The molecule has 36 nitrogen and oxygen atoms in total. The van der Waals surface area contributed by atoms with Crippen molar-refractivity contribution in [2.24, 2.45) is 63.1 Å². The summed E-state index contributed by atoms with van der Waals surface area (Å²) in [5.74, 6) is -8.99. The lowest BCUT2D eigenvalue weighted by Crippen LogP contribution is -2.36. The maximum absolute atomic E-state index is 10.3. The molecule has 0 rings (SSSR count). The Morgan fingerprint density at radius 3 is 0.593 bits per heavy atom. The molecule has 0 aliphatic heterocycles. The van der Waals surface area contributed by atoms with Crippen molar-refractivity contribution in [1.82, 2.24) is 0 Å². The number of aliphatic hydroxyl groups is 2. The van der Waals surface area contributed by atoms with Gasteiger partial charge in [0, 0.05) is 42.9 Å². The molecule has 11 unspecified atom stereocenters. The monoisotopic (exact) mass is 1300 g/mol. The van der Waals surface area contributed by atoms with Crippen molar-refractivity contribution in [3.8, 4) is 0 Å². The van der Waals surface area contributed by atoms with Crippen molar-refractivity contribution in [2.45, 2.75) is 101 Å². The van der Waals surface area contributed by atoms with Gasteiger partial charge in [-0.3, -0.25) is 52.7 Å². The maximum Gasteiger partial charge on any atom is 0.322 e. The van der Waals surface area contributed by atoms with E-state index in [0.29, 0.717) is 36.5 Å². The lowest BCUT2D eigenvalue weighted by molar-refractivity contribution is -0.140. The highest BCUT2D eigenvalue weighted by Crippen LogP contribution is 2.07. The predicted molar refractivity (Wildman–Crippen MR) is 318 cm³/mol. The lowest BCUT2D eigenvalue weighted by atomic mass is 10.2. The minimum absolute atomic E-state index is 0. The first-order valence-corrected chi connectivity index (χ1v) is 26.2. The van der Waals surface area contributed by atoms with E-state index < -0.39 is 145 Å². The molecule has 81 heavy (non-hydrogen) atoms. The number of nitrogens with two attached hydrogens (primary N) is 12. The summed E-state index contributed by atoms with van der Waals surface area (Å²) in [6.45, 7) is -1.01. The highest BCUT2D eigenvalue weighted by atomic mass is 32.2. The summed E-state index contributed by atoms with van der Waals surface area (Å²) in [6, 6.07) is -10.1. The molecule has 0 bridgehead atoms. The van der Waals surface area contributed by atoms with Gasteiger partial charge in [0.25, 0.3) is 0 Å². The molecule has 0 heterocycles. The highest BCUT2D eigenvalue weighted by Gasteiger charge is 2.17. The zero-order chi connectivity index (χ0) is 62.7. The van der Waals surface area contributed by atoms with Crippen LogP contribution in [0.4, 0.5) is 0 Å². The summed E-state index contributed by atoms with van der Waals surface area (Å²) in [5, 5.41) is 106. The van der Waals surface area contributed by atoms with Crippen molar-refractivity contribution in [1.29, 1.82) is 0 Å². The van der Waals surface area contributed by atoms with Crippen LogP contribution in [-0.2, 0) is 52.7 Å². The molecule has 0 saturated carbocycles. The van der Waals surface area contributed by atoms with Crippen LogP contribution in [0.1, 0.15) is 34.1 Å². The fourth-order valence-electron chi connectivity index (χ4n) is 2.27. The van der Waals surface area contributed by atoms with Gasteiger partial charge >= 0.3 is 65.7 Å². The molecule has 0 aliphatic rings. The second-order valence-corrected chi connectivity index (χ2v) is 18.5. The van der Waals surface area contributed by atoms with Crippen molar-refractivity contribution in [3.05, 3.63) is 6.15 Å². The number of carboxylic acid groups (broad SMARTS) is 11. The molecule has 0 amide bonds. The molecular weight excluding hydrogens is 1210 g/mol. The molecule has 43 heteroatoms. The summed E-state index contributed by atoms with van der Waals surface area (Å²) >= 11 is 14.8. The molecule has 0 aliphatic carbocycles. The first kappa shape index (κ1) is 105. The number of carbonyl (C=O) groups is 11. The molecule has 0 saturated heterocycles. The number of aliphatic carboxylic acids is 11. The Bertz CT molecular complexity index is 1500.